The van der Waals surface area contributed by atoms with Gasteiger partial charge in [0.25, 0.3) is 5.91 Å². The molecule has 2 N–H and O–H groups in total. The Hall–Kier alpha value is -1.92. The summed E-state index contributed by atoms with van der Waals surface area (Å²) in [5.41, 5.74) is 1.49. The van der Waals surface area contributed by atoms with Crippen LogP contribution in [0.2, 0.25) is 0 Å². The summed E-state index contributed by atoms with van der Waals surface area (Å²) in [4.78, 5) is 16.7. The third-order valence-corrected chi connectivity index (χ3v) is 5.00. The standard InChI is InChI=1S/C18H22N2O3S/c1-12-19-15(11-24-12)10-23-17-4-2-3-13(9-17)18(22)20-14-5-7-16(21)8-6-14/h2-4,9,11,14,16,21H,5-8,10H2,1H3,(H,20,22). The number of aromatic nitrogens is 1. The highest BCUT2D eigenvalue weighted by Crippen LogP contribution is 2.20. The third kappa shape index (κ3) is 4.55. The predicted octanol–water partition coefficient (Wildman–Crippen LogP) is 3.06. The Bertz CT molecular complexity index is 693. The lowest BCUT2D eigenvalue weighted by Crippen LogP contribution is -2.38. The van der Waals surface area contributed by atoms with Crippen LogP contribution in [-0.2, 0) is 6.61 Å². The molecular formula is C18H22N2O3S. The molecule has 5 nitrogen and oxygen atoms in total. The fraction of sp³-hybridized carbons (Fsp3) is 0.444. The normalized spacial score (nSPS) is 20.6. The van der Waals surface area contributed by atoms with Crippen molar-refractivity contribution in [3.63, 3.8) is 0 Å². The van der Waals surface area contributed by atoms with Crippen LogP contribution in [0, 0.1) is 6.92 Å². The Labute approximate surface area is 145 Å². The van der Waals surface area contributed by atoms with Crippen LogP contribution in [0.15, 0.2) is 29.6 Å². The molecule has 1 aliphatic carbocycles. The molecule has 1 aromatic carbocycles. The summed E-state index contributed by atoms with van der Waals surface area (Å²) in [6, 6.07) is 7.34. The van der Waals surface area contributed by atoms with Crippen LogP contribution in [0.1, 0.15) is 46.7 Å². The number of nitrogens with zero attached hydrogens (tertiary/aromatic N) is 1. The van der Waals surface area contributed by atoms with Gasteiger partial charge in [-0.3, -0.25) is 4.79 Å². The zero-order valence-corrected chi connectivity index (χ0v) is 14.5. The Balaban J connectivity index is 1.56. The number of amides is 1. The average Bonchev–Trinajstić information content (AvgIpc) is 3.01. The van der Waals surface area contributed by atoms with Crippen molar-refractivity contribution in [2.24, 2.45) is 0 Å². The second kappa shape index (κ2) is 7.77. The molecule has 0 spiro atoms. The zero-order chi connectivity index (χ0) is 16.9. The Kier molecular flexibility index (Phi) is 5.48. The van der Waals surface area contributed by atoms with Gasteiger partial charge in [0.05, 0.1) is 16.8 Å². The van der Waals surface area contributed by atoms with Gasteiger partial charge >= 0.3 is 0 Å². The number of thiazole rings is 1. The summed E-state index contributed by atoms with van der Waals surface area (Å²) in [6.45, 7) is 2.36. The summed E-state index contributed by atoms with van der Waals surface area (Å²) in [7, 11) is 0. The minimum atomic E-state index is -0.218. The van der Waals surface area contributed by atoms with Gasteiger partial charge in [0.15, 0.2) is 0 Å². The van der Waals surface area contributed by atoms with E-state index in [1.807, 2.05) is 24.4 Å². The van der Waals surface area contributed by atoms with Gasteiger partial charge < -0.3 is 15.2 Å². The predicted molar refractivity (Wildman–Crippen MR) is 93.4 cm³/mol. The minimum absolute atomic E-state index is 0.0913. The molecule has 1 amide bonds. The van der Waals surface area contributed by atoms with Crippen molar-refractivity contribution in [1.82, 2.24) is 10.3 Å². The number of carbonyl (C=O) groups is 1. The number of aliphatic hydroxyl groups is 1. The minimum Gasteiger partial charge on any atom is -0.487 e. The molecule has 0 bridgehead atoms. The molecule has 1 heterocycles. The van der Waals surface area contributed by atoms with Crippen molar-refractivity contribution in [2.45, 2.75) is 51.4 Å². The van der Waals surface area contributed by atoms with Gasteiger partial charge in [0.2, 0.25) is 0 Å². The first-order valence-electron chi connectivity index (χ1n) is 8.23. The number of benzene rings is 1. The van der Waals surface area contributed by atoms with Crippen molar-refractivity contribution in [3.8, 4) is 5.75 Å². The highest BCUT2D eigenvalue weighted by atomic mass is 32.1. The molecule has 6 heteroatoms. The van der Waals surface area contributed by atoms with Crippen molar-refractivity contribution < 1.29 is 14.6 Å². The SMILES string of the molecule is Cc1nc(COc2cccc(C(=O)NC3CCC(O)CC3)c2)cs1. The molecule has 1 saturated carbocycles. The van der Waals surface area contributed by atoms with Gasteiger partial charge in [0.1, 0.15) is 12.4 Å². The number of aryl methyl sites for hydroxylation is 1. The molecule has 1 fully saturated rings. The van der Waals surface area contributed by atoms with Crippen molar-refractivity contribution in [1.29, 1.82) is 0 Å². The number of rotatable bonds is 5. The lowest BCUT2D eigenvalue weighted by molar-refractivity contribution is 0.0867. The molecule has 0 unspecified atom stereocenters. The van der Waals surface area contributed by atoms with E-state index in [0.717, 1.165) is 36.4 Å². The van der Waals surface area contributed by atoms with Crippen molar-refractivity contribution in [3.05, 3.63) is 45.9 Å². The molecule has 0 radical (unpaired) electrons. The summed E-state index contributed by atoms with van der Waals surface area (Å²) in [5, 5.41) is 15.6. The first kappa shape index (κ1) is 16.9. The monoisotopic (exact) mass is 346 g/mol. The highest BCUT2D eigenvalue weighted by Gasteiger charge is 2.21. The van der Waals surface area contributed by atoms with Gasteiger partial charge in [-0.15, -0.1) is 11.3 Å². The van der Waals surface area contributed by atoms with E-state index in [-0.39, 0.29) is 18.1 Å². The first-order valence-corrected chi connectivity index (χ1v) is 9.11. The molecule has 128 valence electrons. The zero-order valence-electron chi connectivity index (χ0n) is 13.7. The van der Waals surface area contributed by atoms with Crippen LogP contribution < -0.4 is 10.1 Å². The van der Waals surface area contributed by atoms with E-state index in [4.69, 9.17) is 4.74 Å². The molecule has 1 aliphatic rings. The van der Waals surface area contributed by atoms with Gasteiger partial charge in [-0.25, -0.2) is 4.98 Å². The van der Waals surface area contributed by atoms with Crippen LogP contribution in [0.25, 0.3) is 0 Å². The molecule has 0 atom stereocenters. The quantitative estimate of drug-likeness (QED) is 0.873. The first-order chi connectivity index (χ1) is 11.6. The van der Waals surface area contributed by atoms with E-state index in [1.54, 1.807) is 23.5 Å². The summed E-state index contributed by atoms with van der Waals surface area (Å²) < 4.78 is 5.73. The summed E-state index contributed by atoms with van der Waals surface area (Å²) in [6.07, 6.45) is 2.94. The van der Waals surface area contributed by atoms with E-state index in [0.29, 0.717) is 17.9 Å². The van der Waals surface area contributed by atoms with Crippen LogP contribution in [0.3, 0.4) is 0 Å². The van der Waals surface area contributed by atoms with Crippen LogP contribution >= 0.6 is 11.3 Å². The Morgan fingerprint density at radius 2 is 2.17 bits per heavy atom. The largest absolute Gasteiger partial charge is 0.487 e. The van der Waals surface area contributed by atoms with Gasteiger partial charge in [0, 0.05) is 17.0 Å². The summed E-state index contributed by atoms with van der Waals surface area (Å²) in [5.74, 6) is 0.568. The number of hydrogen-bond donors (Lipinski definition) is 2. The lowest BCUT2D eigenvalue weighted by Gasteiger charge is -2.26. The molecular weight excluding hydrogens is 324 g/mol. The van der Waals surface area contributed by atoms with Crippen LogP contribution in [-0.4, -0.2) is 28.1 Å². The topological polar surface area (TPSA) is 71.5 Å². The van der Waals surface area contributed by atoms with E-state index in [2.05, 4.69) is 10.3 Å². The van der Waals surface area contributed by atoms with Crippen molar-refractivity contribution >= 4 is 17.2 Å². The van der Waals surface area contributed by atoms with Crippen LogP contribution in [0.4, 0.5) is 0 Å². The number of nitrogens with one attached hydrogen (secondary N) is 1. The second-order valence-corrected chi connectivity index (χ2v) is 7.22. The maximum atomic E-state index is 12.4. The van der Waals surface area contributed by atoms with E-state index in [1.165, 1.54) is 0 Å². The lowest BCUT2D eigenvalue weighted by atomic mass is 9.93. The number of aliphatic hydroxyl groups excluding tert-OH is 1. The molecule has 0 saturated heterocycles. The Morgan fingerprint density at radius 3 is 2.88 bits per heavy atom. The number of carbonyl (C=O) groups excluding carboxylic acids is 1. The fourth-order valence-electron chi connectivity index (χ4n) is 2.85. The average molecular weight is 346 g/mol. The third-order valence-electron chi connectivity index (χ3n) is 4.18. The Morgan fingerprint density at radius 1 is 1.38 bits per heavy atom. The van der Waals surface area contributed by atoms with Gasteiger partial charge in [-0.05, 0) is 50.8 Å². The van der Waals surface area contributed by atoms with Crippen molar-refractivity contribution in [2.75, 3.05) is 0 Å². The fourth-order valence-corrected chi connectivity index (χ4v) is 3.45. The number of ether oxygens (including phenoxy) is 1. The summed E-state index contributed by atoms with van der Waals surface area (Å²) >= 11 is 1.59. The molecule has 3 rings (SSSR count). The van der Waals surface area contributed by atoms with Gasteiger partial charge in [-0.1, -0.05) is 6.07 Å². The van der Waals surface area contributed by atoms with Crippen LogP contribution in [0.5, 0.6) is 5.75 Å². The molecule has 1 aromatic heterocycles. The number of hydrogen-bond acceptors (Lipinski definition) is 5. The second-order valence-electron chi connectivity index (χ2n) is 6.15. The molecule has 24 heavy (non-hydrogen) atoms. The molecule has 0 aliphatic heterocycles. The maximum Gasteiger partial charge on any atom is 0.251 e. The van der Waals surface area contributed by atoms with E-state index in [9.17, 15) is 9.90 Å². The molecule has 2 aromatic rings. The van der Waals surface area contributed by atoms with Gasteiger partial charge in [-0.2, -0.15) is 0 Å². The smallest absolute Gasteiger partial charge is 0.251 e. The van der Waals surface area contributed by atoms with E-state index < -0.39 is 0 Å². The maximum absolute atomic E-state index is 12.4. The highest BCUT2D eigenvalue weighted by molar-refractivity contribution is 7.09. The van der Waals surface area contributed by atoms with E-state index >= 15 is 0 Å².